The average Bonchev–Trinajstić information content (AvgIpc) is 3.08. The van der Waals surface area contributed by atoms with Gasteiger partial charge in [0.2, 0.25) is 0 Å². The predicted octanol–water partition coefficient (Wildman–Crippen LogP) is 2.16. The Balaban J connectivity index is 1.68. The standard InChI is InChI=1S/C29H49N5O14/c30-33-32-6-8-39-10-12-41-14-16-43-18-20-45-22-24-47-26-25-46-23-21-44-19-17-42-15-13-40-11-9-38-7-5-31-29(35)48-28-3-1-27(2-4-28)34(36)37/h1-4H,5-26H2,(H,31,35). The Kier molecular flexibility index (Phi) is 30.1. The lowest BCUT2D eigenvalue weighted by molar-refractivity contribution is -0.384. The molecule has 0 radical (unpaired) electrons. The van der Waals surface area contributed by atoms with Gasteiger partial charge in [0.25, 0.3) is 5.69 Å². The van der Waals surface area contributed by atoms with Crippen molar-refractivity contribution in [2.75, 3.05) is 145 Å². The fraction of sp³-hybridized carbons (Fsp3) is 0.759. The quantitative estimate of drug-likeness (QED) is 0.0269. The van der Waals surface area contributed by atoms with E-state index in [4.69, 9.17) is 57.6 Å². The van der Waals surface area contributed by atoms with Gasteiger partial charge in [-0.25, -0.2) is 4.79 Å². The van der Waals surface area contributed by atoms with Crippen LogP contribution < -0.4 is 10.1 Å². The first kappa shape index (κ1) is 42.8. The highest BCUT2D eigenvalue weighted by Gasteiger charge is 2.07. The number of hydrogen-bond donors (Lipinski definition) is 1. The van der Waals surface area contributed by atoms with Crippen LogP contribution in [0.2, 0.25) is 0 Å². The summed E-state index contributed by atoms with van der Waals surface area (Å²) in [6.45, 7) is 9.31. The van der Waals surface area contributed by atoms with Crippen molar-refractivity contribution in [2.45, 2.75) is 0 Å². The third kappa shape index (κ3) is 29.0. The second kappa shape index (κ2) is 33.7. The number of benzene rings is 1. The largest absolute Gasteiger partial charge is 0.412 e. The Morgan fingerprint density at radius 2 is 0.938 bits per heavy atom. The molecular formula is C29H49N5O14. The van der Waals surface area contributed by atoms with Gasteiger partial charge in [-0.1, -0.05) is 5.11 Å². The van der Waals surface area contributed by atoms with Gasteiger partial charge in [-0.3, -0.25) is 10.1 Å². The lowest BCUT2D eigenvalue weighted by atomic mass is 10.3. The lowest BCUT2D eigenvalue weighted by Gasteiger charge is -2.09. The lowest BCUT2D eigenvalue weighted by Crippen LogP contribution is -2.30. The molecule has 19 nitrogen and oxygen atoms in total. The van der Waals surface area contributed by atoms with Gasteiger partial charge >= 0.3 is 6.09 Å². The van der Waals surface area contributed by atoms with Gasteiger partial charge in [0.15, 0.2) is 0 Å². The van der Waals surface area contributed by atoms with Crippen LogP contribution in [0.25, 0.3) is 10.4 Å². The topological polar surface area (TPSA) is 223 Å². The molecule has 19 heteroatoms. The summed E-state index contributed by atoms with van der Waals surface area (Å²) in [5, 5.41) is 16.5. The number of hydrogen-bond acceptors (Lipinski definition) is 15. The minimum absolute atomic E-state index is 0.0882. The van der Waals surface area contributed by atoms with Crippen LogP contribution in [0.5, 0.6) is 5.75 Å². The maximum absolute atomic E-state index is 11.7. The Morgan fingerprint density at radius 1 is 0.604 bits per heavy atom. The number of carbonyl (C=O) groups is 1. The molecule has 1 aromatic carbocycles. The summed E-state index contributed by atoms with van der Waals surface area (Å²) in [6, 6.07) is 5.20. The van der Waals surface area contributed by atoms with E-state index in [1.807, 2.05) is 0 Å². The molecule has 1 rings (SSSR count). The first-order valence-corrected chi connectivity index (χ1v) is 15.6. The van der Waals surface area contributed by atoms with Gasteiger partial charge < -0.3 is 57.4 Å². The molecule has 0 saturated heterocycles. The van der Waals surface area contributed by atoms with E-state index in [2.05, 4.69) is 15.3 Å². The number of carbonyl (C=O) groups excluding carboxylic acids is 1. The molecule has 0 aliphatic carbocycles. The number of nitro groups is 1. The van der Waals surface area contributed by atoms with Crippen LogP contribution in [0, 0.1) is 10.1 Å². The van der Waals surface area contributed by atoms with E-state index in [9.17, 15) is 14.9 Å². The fourth-order valence-electron chi connectivity index (χ4n) is 3.24. The molecule has 1 N–H and O–H groups in total. The van der Waals surface area contributed by atoms with Crippen molar-refractivity contribution >= 4 is 11.8 Å². The third-order valence-electron chi connectivity index (χ3n) is 5.52. The molecular weight excluding hydrogens is 642 g/mol. The first-order chi connectivity index (χ1) is 23.6. The van der Waals surface area contributed by atoms with Crippen molar-refractivity contribution in [3.8, 4) is 5.75 Å². The molecule has 0 heterocycles. The van der Waals surface area contributed by atoms with Crippen molar-refractivity contribution in [1.82, 2.24) is 5.32 Å². The minimum atomic E-state index is -0.680. The van der Waals surface area contributed by atoms with E-state index >= 15 is 0 Å². The van der Waals surface area contributed by atoms with E-state index in [-0.39, 0.29) is 24.6 Å². The maximum atomic E-state index is 11.7. The van der Waals surface area contributed by atoms with Crippen LogP contribution in [0.1, 0.15) is 0 Å². The summed E-state index contributed by atoms with van der Waals surface area (Å²) in [7, 11) is 0. The number of ether oxygens (including phenoxy) is 11. The number of nitrogens with zero attached hydrogens (tertiary/aromatic N) is 4. The molecule has 0 aliphatic heterocycles. The van der Waals surface area contributed by atoms with Crippen molar-refractivity contribution in [2.24, 2.45) is 5.11 Å². The Bertz CT molecular complexity index is 957. The summed E-state index contributed by atoms with van der Waals surface area (Å²) in [6.07, 6.45) is -0.680. The summed E-state index contributed by atoms with van der Waals surface area (Å²) >= 11 is 0. The second-order valence-electron chi connectivity index (χ2n) is 9.15. The molecule has 0 aliphatic rings. The fourth-order valence-corrected chi connectivity index (χ4v) is 3.24. The van der Waals surface area contributed by atoms with Crippen LogP contribution in [0.15, 0.2) is 29.4 Å². The van der Waals surface area contributed by atoms with E-state index in [1.165, 1.54) is 24.3 Å². The predicted molar refractivity (Wildman–Crippen MR) is 169 cm³/mol. The minimum Gasteiger partial charge on any atom is -0.410 e. The van der Waals surface area contributed by atoms with Crippen LogP contribution in [-0.4, -0.2) is 156 Å². The Labute approximate surface area is 280 Å². The van der Waals surface area contributed by atoms with Crippen molar-refractivity contribution in [1.29, 1.82) is 0 Å². The van der Waals surface area contributed by atoms with Gasteiger partial charge in [-0.15, -0.1) is 0 Å². The summed E-state index contributed by atoms with van der Waals surface area (Å²) in [5.74, 6) is 0.200. The molecule has 0 bridgehead atoms. The van der Waals surface area contributed by atoms with Gasteiger partial charge in [-0.2, -0.15) is 0 Å². The van der Waals surface area contributed by atoms with Crippen molar-refractivity contribution < 1.29 is 61.8 Å². The third-order valence-corrected chi connectivity index (χ3v) is 5.52. The molecule has 0 spiro atoms. The number of nitrogens with one attached hydrogen (secondary N) is 1. The summed E-state index contributed by atoms with van der Waals surface area (Å²) < 4.78 is 59.0. The highest BCUT2D eigenvalue weighted by atomic mass is 16.6. The van der Waals surface area contributed by atoms with E-state index in [1.54, 1.807) is 0 Å². The van der Waals surface area contributed by atoms with Crippen molar-refractivity contribution in [3.05, 3.63) is 44.8 Å². The van der Waals surface area contributed by atoms with E-state index in [0.29, 0.717) is 132 Å². The number of amides is 1. The van der Waals surface area contributed by atoms with Gasteiger partial charge in [-0.05, 0) is 17.7 Å². The number of azide groups is 1. The zero-order chi connectivity index (χ0) is 34.6. The molecule has 0 unspecified atom stereocenters. The Hall–Kier alpha value is -3.20. The molecule has 48 heavy (non-hydrogen) atoms. The van der Waals surface area contributed by atoms with Gasteiger partial charge in [0.1, 0.15) is 5.75 Å². The molecule has 1 aromatic rings. The van der Waals surface area contributed by atoms with Crippen LogP contribution in [0.3, 0.4) is 0 Å². The Morgan fingerprint density at radius 3 is 1.27 bits per heavy atom. The highest BCUT2D eigenvalue weighted by molar-refractivity contribution is 5.70. The molecule has 0 fully saturated rings. The smallest absolute Gasteiger partial charge is 0.410 e. The van der Waals surface area contributed by atoms with E-state index in [0.717, 1.165) is 0 Å². The van der Waals surface area contributed by atoms with Gasteiger partial charge in [0.05, 0.1) is 137 Å². The van der Waals surface area contributed by atoms with Crippen molar-refractivity contribution in [3.63, 3.8) is 0 Å². The number of non-ortho nitro benzene ring substituents is 1. The molecule has 0 aromatic heterocycles. The van der Waals surface area contributed by atoms with Crippen LogP contribution >= 0.6 is 0 Å². The summed E-state index contributed by atoms with van der Waals surface area (Å²) in [5.41, 5.74) is 8.04. The number of rotatable bonds is 35. The van der Waals surface area contributed by atoms with Crippen LogP contribution in [-0.2, 0) is 47.4 Å². The number of nitro benzene ring substituents is 1. The molecule has 1 amide bonds. The molecule has 0 saturated carbocycles. The average molecular weight is 692 g/mol. The van der Waals surface area contributed by atoms with Crippen LogP contribution in [0.4, 0.5) is 10.5 Å². The van der Waals surface area contributed by atoms with Gasteiger partial charge in [0, 0.05) is 30.1 Å². The molecule has 274 valence electrons. The maximum Gasteiger partial charge on any atom is 0.412 e. The zero-order valence-electron chi connectivity index (χ0n) is 27.4. The van der Waals surface area contributed by atoms with E-state index < -0.39 is 11.0 Å². The SMILES string of the molecule is [N-]=[N+]=NCCOCCOCCOCCOCCOCCOCCOCCOCCOCCOCCNC(=O)Oc1ccc([N+](=O)[O-])cc1. The highest BCUT2D eigenvalue weighted by Crippen LogP contribution is 2.17. The second-order valence-corrected chi connectivity index (χ2v) is 9.15. The zero-order valence-corrected chi connectivity index (χ0v) is 27.4. The normalized spacial score (nSPS) is 10.9. The summed E-state index contributed by atoms with van der Waals surface area (Å²) in [4.78, 5) is 24.4. The monoisotopic (exact) mass is 691 g/mol. The molecule has 0 atom stereocenters. The first-order valence-electron chi connectivity index (χ1n) is 15.6.